The molecule has 0 saturated heterocycles. The molecular weight excluding hydrogens is 576 g/mol. The average molecular weight is 601 g/mol. The zero-order valence-electron chi connectivity index (χ0n) is 22.6. The monoisotopic (exact) mass is 600 g/mol. The molecule has 1 unspecified atom stereocenters. The van der Waals surface area contributed by atoms with E-state index < -0.39 is 46.8 Å². The Labute approximate surface area is 243 Å². The number of carbonyl (C=O) groups is 1. The van der Waals surface area contributed by atoms with E-state index >= 15 is 0 Å². The van der Waals surface area contributed by atoms with Gasteiger partial charge >= 0.3 is 0 Å². The number of nitrogens with zero attached hydrogens (tertiary/aromatic N) is 3. The smallest absolute Gasteiger partial charge is 0.291 e. The lowest BCUT2D eigenvalue weighted by Crippen LogP contribution is -2.27. The number of nitrogens with one attached hydrogen (secondary N) is 1. The molecule has 1 aromatic heterocycles. The van der Waals surface area contributed by atoms with Crippen molar-refractivity contribution < 1.29 is 32.2 Å². The number of hydrogen-bond acceptors (Lipinski definition) is 5. The topological polar surface area (TPSA) is 79.6 Å². The van der Waals surface area contributed by atoms with Gasteiger partial charge in [0.1, 0.15) is 6.10 Å². The van der Waals surface area contributed by atoms with Crippen LogP contribution in [0, 0.1) is 23.3 Å². The molecule has 1 aliphatic carbocycles. The number of ether oxygens (including phenoxy) is 1. The molecule has 218 valence electrons. The van der Waals surface area contributed by atoms with Crippen molar-refractivity contribution >= 4 is 23.2 Å². The van der Waals surface area contributed by atoms with Gasteiger partial charge in [-0.25, -0.2) is 4.98 Å². The minimum absolute atomic E-state index is 0.266. The van der Waals surface area contributed by atoms with Crippen molar-refractivity contribution in [1.82, 2.24) is 14.5 Å². The lowest BCUT2D eigenvalue weighted by atomic mass is 9.96. The molecule has 2 heterocycles. The van der Waals surface area contributed by atoms with E-state index in [1.165, 1.54) is 0 Å². The maximum absolute atomic E-state index is 14.4. The Kier molecular flexibility index (Phi) is 7.10. The lowest BCUT2D eigenvalue weighted by molar-refractivity contribution is 0.101. The fraction of sp³-hybridized carbons (Fsp3) is 0.267. The van der Waals surface area contributed by atoms with Gasteiger partial charge in [0.05, 0.1) is 16.4 Å². The molecule has 0 radical (unpaired) electrons. The molecule has 3 aromatic carbocycles. The first-order chi connectivity index (χ1) is 20.1. The van der Waals surface area contributed by atoms with E-state index in [1.807, 2.05) is 20.2 Å². The predicted octanol–water partition coefficient (Wildman–Crippen LogP) is 6.31. The highest BCUT2D eigenvalue weighted by molar-refractivity contribution is 6.36. The summed E-state index contributed by atoms with van der Waals surface area (Å²) in [7, 11) is 3.81. The molecule has 2 N–H and O–H groups in total. The summed E-state index contributed by atoms with van der Waals surface area (Å²) in [4.78, 5) is 19.9. The number of phenols is 1. The van der Waals surface area contributed by atoms with Gasteiger partial charge in [0.2, 0.25) is 23.3 Å². The number of aromatic hydroxyl groups is 1. The van der Waals surface area contributed by atoms with E-state index in [-0.39, 0.29) is 17.3 Å². The van der Waals surface area contributed by atoms with Gasteiger partial charge in [-0.15, -0.1) is 0 Å². The second-order valence-electron chi connectivity index (χ2n) is 10.4. The number of rotatable bonds is 5. The standard InChI is InChI=1S/C30H25ClF4N4O3/c1-38-12-11-20-19(13-38)36-29(39(20)2)30(41)37-18-8-4-7-17(22(18)31)14-5-3-6-16-15(14)9-10-21(16)42-28-25(34)23(32)27(40)24(33)26(28)35/h3-8,21,40H,9-13H2,1-2H3,(H,37,41). The molecule has 7 nitrogen and oxygen atoms in total. The molecule has 12 heteroatoms. The Bertz CT molecular complexity index is 1730. The molecule has 1 amide bonds. The summed E-state index contributed by atoms with van der Waals surface area (Å²) in [5.41, 5.74) is 4.91. The number of benzene rings is 3. The van der Waals surface area contributed by atoms with Crippen LogP contribution in [-0.4, -0.2) is 39.1 Å². The maximum atomic E-state index is 14.4. The largest absolute Gasteiger partial charge is 0.503 e. The number of phenolic OH excluding ortho intramolecular Hbond substituents is 1. The Morgan fingerprint density at radius 2 is 1.71 bits per heavy atom. The van der Waals surface area contributed by atoms with Crippen LogP contribution in [0.15, 0.2) is 36.4 Å². The summed E-state index contributed by atoms with van der Waals surface area (Å²) in [5, 5.41) is 12.4. The normalized spacial score (nSPS) is 16.3. The number of amides is 1. The maximum Gasteiger partial charge on any atom is 0.291 e. The minimum Gasteiger partial charge on any atom is -0.503 e. The fourth-order valence-electron chi connectivity index (χ4n) is 5.71. The summed E-state index contributed by atoms with van der Waals surface area (Å²) in [6.45, 7) is 1.54. The molecule has 42 heavy (non-hydrogen) atoms. The Morgan fingerprint density at radius 3 is 2.45 bits per heavy atom. The first kappa shape index (κ1) is 28.0. The summed E-state index contributed by atoms with van der Waals surface area (Å²) in [5.74, 6) is -10.6. The van der Waals surface area contributed by atoms with Crippen molar-refractivity contribution in [1.29, 1.82) is 0 Å². The Morgan fingerprint density at radius 1 is 1.02 bits per heavy atom. The van der Waals surface area contributed by atoms with Crippen LogP contribution in [0.2, 0.25) is 5.02 Å². The van der Waals surface area contributed by atoms with E-state index in [1.54, 1.807) is 34.9 Å². The first-order valence-corrected chi connectivity index (χ1v) is 13.6. The molecule has 0 fully saturated rings. The number of anilines is 1. The van der Waals surface area contributed by atoms with Crippen LogP contribution in [0.5, 0.6) is 11.5 Å². The van der Waals surface area contributed by atoms with Gasteiger partial charge in [-0.3, -0.25) is 4.79 Å². The van der Waals surface area contributed by atoms with Crippen LogP contribution in [0.3, 0.4) is 0 Å². The number of likely N-dealkylation sites (N-methyl/N-ethyl adjacent to an activating group) is 1. The van der Waals surface area contributed by atoms with Crippen LogP contribution in [0.25, 0.3) is 11.1 Å². The molecule has 0 spiro atoms. The fourth-order valence-corrected chi connectivity index (χ4v) is 5.99. The minimum atomic E-state index is -1.93. The van der Waals surface area contributed by atoms with Gasteiger partial charge in [0.25, 0.3) is 5.91 Å². The van der Waals surface area contributed by atoms with E-state index in [2.05, 4.69) is 15.2 Å². The van der Waals surface area contributed by atoms with Crippen molar-refractivity contribution in [2.45, 2.75) is 31.9 Å². The van der Waals surface area contributed by atoms with E-state index in [9.17, 15) is 27.5 Å². The SMILES string of the molecule is CN1CCc2c(nc(C(=O)Nc3cccc(-c4cccc5c4CCC5Oc4c(F)c(F)c(O)c(F)c4F)c3Cl)n2C)C1. The Balaban J connectivity index is 1.29. The average Bonchev–Trinajstić information content (AvgIpc) is 3.54. The molecule has 4 aromatic rings. The van der Waals surface area contributed by atoms with Gasteiger partial charge in [-0.2, -0.15) is 17.6 Å². The molecule has 6 rings (SSSR count). The lowest BCUT2D eigenvalue weighted by Gasteiger charge is -2.21. The number of carbonyl (C=O) groups excluding carboxylic acids is 1. The third kappa shape index (κ3) is 4.57. The van der Waals surface area contributed by atoms with Crippen LogP contribution in [0.4, 0.5) is 23.2 Å². The number of hydrogen-bond donors (Lipinski definition) is 2. The summed E-state index contributed by atoms with van der Waals surface area (Å²) < 4.78 is 63.8. The number of aromatic nitrogens is 2. The van der Waals surface area contributed by atoms with E-state index in [4.69, 9.17) is 16.3 Å². The number of halogens is 5. The van der Waals surface area contributed by atoms with Gasteiger partial charge in [0.15, 0.2) is 17.3 Å². The highest BCUT2D eigenvalue weighted by atomic mass is 35.5. The molecule has 0 saturated carbocycles. The van der Waals surface area contributed by atoms with Gasteiger partial charge in [-0.05, 0) is 42.6 Å². The van der Waals surface area contributed by atoms with Crippen LogP contribution < -0.4 is 10.1 Å². The molecule has 1 aliphatic heterocycles. The van der Waals surface area contributed by atoms with Gasteiger partial charge in [-0.1, -0.05) is 41.9 Å². The molecule has 0 bridgehead atoms. The van der Waals surface area contributed by atoms with Crippen LogP contribution in [0.1, 0.15) is 45.7 Å². The van der Waals surface area contributed by atoms with Crippen molar-refractivity contribution in [3.8, 4) is 22.6 Å². The van der Waals surface area contributed by atoms with Crippen molar-refractivity contribution in [3.63, 3.8) is 0 Å². The summed E-state index contributed by atoms with van der Waals surface area (Å²) in [6, 6.07) is 10.4. The van der Waals surface area contributed by atoms with Gasteiger partial charge < -0.3 is 24.6 Å². The third-order valence-corrected chi connectivity index (χ3v) is 8.27. The van der Waals surface area contributed by atoms with Crippen molar-refractivity contribution in [3.05, 3.63) is 93.0 Å². The van der Waals surface area contributed by atoms with Crippen molar-refractivity contribution in [2.75, 3.05) is 18.9 Å². The highest BCUT2D eigenvalue weighted by Crippen LogP contribution is 2.44. The zero-order valence-corrected chi connectivity index (χ0v) is 23.3. The van der Waals surface area contributed by atoms with Gasteiger partial charge in [0, 0.05) is 37.8 Å². The second-order valence-corrected chi connectivity index (χ2v) is 10.8. The summed E-state index contributed by atoms with van der Waals surface area (Å²) in [6.07, 6.45) is 0.561. The second kappa shape index (κ2) is 10.6. The number of fused-ring (bicyclic) bond motifs is 2. The quantitative estimate of drug-likeness (QED) is 0.207. The van der Waals surface area contributed by atoms with Crippen molar-refractivity contribution in [2.24, 2.45) is 7.05 Å². The predicted molar refractivity (Wildman–Crippen MR) is 148 cm³/mol. The molecular formula is C30H25ClF4N4O3. The first-order valence-electron chi connectivity index (χ1n) is 13.2. The van der Waals surface area contributed by atoms with Crippen LogP contribution >= 0.6 is 11.6 Å². The zero-order chi connectivity index (χ0) is 29.9. The highest BCUT2D eigenvalue weighted by Gasteiger charge is 2.33. The summed E-state index contributed by atoms with van der Waals surface area (Å²) >= 11 is 6.81. The third-order valence-electron chi connectivity index (χ3n) is 7.86. The van der Waals surface area contributed by atoms with Crippen LogP contribution in [-0.2, 0) is 26.4 Å². The number of imidazole rings is 1. The van der Waals surface area contributed by atoms with E-state index in [0.717, 1.165) is 29.9 Å². The Hall–Kier alpha value is -4.09. The van der Waals surface area contributed by atoms with E-state index in [0.29, 0.717) is 35.3 Å². The molecule has 1 atom stereocenters. The molecule has 2 aliphatic rings.